The normalized spacial score (nSPS) is 17.0. The molecule has 1 aromatic heterocycles. The molecule has 1 aliphatic heterocycles. The van der Waals surface area contributed by atoms with Crippen LogP contribution in [0, 0.1) is 6.92 Å². The van der Waals surface area contributed by atoms with Gasteiger partial charge in [0.1, 0.15) is 16.1 Å². The van der Waals surface area contributed by atoms with Crippen LogP contribution in [0.15, 0.2) is 36.9 Å². The molecule has 1 saturated heterocycles. The highest BCUT2D eigenvalue weighted by Crippen LogP contribution is 2.26. The summed E-state index contributed by atoms with van der Waals surface area (Å²) in [4.78, 5) is 26.7. The summed E-state index contributed by atoms with van der Waals surface area (Å²) in [6.45, 7) is 6.14. The van der Waals surface area contributed by atoms with E-state index in [2.05, 4.69) is 22.1 Å². The molecule has 2 aromatic rings. The number of hydrogen-bond donors (Lipinski definition) is 1. The lowest BCUT2D eigenvalue weighted by atomic mass is 10.0. The highest BCUT2D eigenvalue weighted by atomic mass is 32.1. The summed E-state index contributed by atoms with van der Waals surface area (Å²) >= 11 is 1.51. The number of amides is 2. The van der Waals surface area contributed by atoms with Crippen LogP contribution < -0.4 is 5.32 Å². The van der Waals surface area contributed by atoms with E-state index in [1.54, 1.807) is 11.0 Å². The van der Waals surface area contributed by atoms with Crippen molar-refractivity contribution in [3.63, 3.8) is 0 Å². The van der Waals surface area contributed by atoms with Crippen molar-refractivity contribution < 1.29 is 9.59 Å². The number of aryl methyl sites for hydroxylation is 1. The van der Waals surface area contributed by atoms with Gasteiger partial charge in [0.05, 0.1) is 0 Å². The van der Waals surface area contributed by atoms with Gasteiger partial charge in [0.25, 0.3) is 0 Å². The van der Waals surface area contributed by atoms with Crippen LogP contribution in [0.3, 0.4) is 0 Å². The van der Waals surface area contributed by atoms with Gasteiger partial charge in [-0.3, -0.25) is 9.59 Å². The fourth-order valence-corrected chi connectivity index (χ4v) is 3.80. The van der Waals surface area contributed by atoms with Gasteiger partial charge in [0.2, 0.25) is 11.8 Å². The fraction of sp³-hybridized carbons (Fsp3) is 0.368. The second-order valence-corrected chi connectivity index (χ2v) is 7.47. The molecule has 7 heteroatoms. The number of benzene rings is 1. The Morgan fingerprint density at radius 2 is 2.23 bits per heavy atom. The van der Waals surface area contributed by atoms with E-state index >= 15 is 0 Å². The first-order valence-electron chi connectivity index (χ1n) is 8.70. The molecule has 1 N–H and O–H groups in total. The number of nitrogens with one attached hydrogen (secondary N) is 1. The Hall–Kier alpha value is -2.54. The first kappa shape index (κ1) is 18.3. The van der Waals surface area contributed by atoms with Crippen molar-refractivity contribution in [1.82, 2.24) is 15.1 Å². The van der Waals surface area contributed by atoms with Crippen molar-refractivity contribution in [1.29, 1.82) is 0 Å². The monoisotopic (exact) mass is 370 g/mol. The van der Waals surface area contributed by atoms with E-state index < -0.39 is 6.04 Å². The van der Waals surface area contributed by atoms with Crippen molar-refractivity contribution in [3.05, 3.63) is 41.9 Å². The Morgan fingerprint density at radius 3 is 2.96 bits per heavy atom. The lowest BCUT2D eigenvalue weighted by molar-refractivity contribution is -0.139. The molecule has 1 aliphatic rings. The van der Waals surface area contributed by atoms with Gasteiger partial charge >= 0.3 is 0 Å². The van der Waals surface area contributed by atoms with Gasteiger partial charge in [-0.1, -0.05) is 29.5 Å². The number of likely N-dealkylation sites (tertiary alicyclic amines) is 1. The summed E-state index contributed by atoms with van der Waals surface area (Å²) < 4.78 is 0. The van der Waals surface area contributed by atoms with Crippen LogP contribution in [0.5, 0.6) is 0 Å². The SMILES string of the molecule is C=CCC(=O)N1CCCC[C@@H]1C(=O)Nc1cccc(-c2nnc(C)s2)c1. The molecule has 26 heavy (non-hydrogen) atoms. The van der Waals surface area contributed by atoms with Gasteiger partial charge in [-0.2, -0.15) is 0 Å². The van der Waals surface area contributed by atoms with Crippen molar-refractivity contribution in [3.8, 4) is 10.6 Å². The third-order valence-corrected chi connectivity index (χ3v) is 5.24. The van der Waals surface area contributed by atoms with Gasteiger partial charge in [-0.05, 0) is 38.3 Å². The summed E-state index contributed by atoms with van der Waals surface area (Å²) in [7, 11) is 0. The van der Waals surface area contributed by atoms with E-state index in [1.165, 1.54) is 11.3 Å². The number of hydrogen-bond acceptors (Lipinski definition) is 5. The number of aromatic nitrogens is 2. The summed E-state index contributed by atoms with van der Waals surface area (Å²) in [5.41, 5.74) is 1.61. The Kier molecular flexibility index (Phi) is 5.78. The molecule has 0 bridgehead atoms. The Bertz CT molecular complexity index is 817. The van der Waals surface area contributed by atoms with Crippen molar-refractivity contribution in [2.75, 3.05) is 11.9 Å². The van der Waals surface area contributed by atoms with Crippen LogP contribution in [0.1, 0.15) is 30.7 Å². The smallest absolute Gasteiger partial charge is 0.247 e. The lowest BCUT2D eigenvalue weighted by Crippen LogP contribution is -2.49. The molecular weight excluding hydrogens is 348 g/mol. The van der Waals surface area contributed by atoms with Crippen LogP contribution >= 0.6 is 11.3 Å². The molecule has 1 atom stereocenters. The molecule has 6 nitrogen and oxygen atoms in total. The molecule has 3 rings (SSSR count). The molecule has 0 spiro atoms. The molecule has 0 radical (unpaired) electrons. The van der Waals surface area contributed by atoms with E-state index in [0.29, 0.717) is 18.7 Å². The zero-order chi connectivity index (χ0) is 18.5. The average molecular weight is 370 g/mol. The highest BCUT2D eigenvalue weighted by molar-refractivity contribution is 7.14. The number of piperidine rings is 1. The highest BCUT2D eigenvalue weighted by Gasteiger charge is 2.31. The number of carbonyl (C=O) groups is 2. The maximum absolute atomic E-state index is 12.8. The van der Waals surface area contributed by atoms with Gasteiger partial charge in [0, 0.05) is 24.2 Å². The standard InChI is InChI=1S/C19H22N4O2S/c1-3-7-17(24)23-11-5-4-10-16(23)18(25)20-15-9-6-8-14(12-15)19-22-21-13(2)26-19/h3,6,8-9,12,16H,1,4-5,7,10-11H2,2H3,(H,20,25)/t16-/m1/s1. The van der Waals surface area contributed by atoms with E-state index in [4.69, 9.17) is 0 Å². The van der Waals surface area contributed by atoms with Gasteiger partial charge in [-0.25, -0.2) is 0 Å². The number of nitrogens with zero attached hydrogens (tertiary/aromatic N) is 3. The van der Waals surface area contributed by atoms with Crippen molar-refractivity contribution in [2.24, 2.45) is 0 Å². The molecule has 1 aromatic carbocycles. The van der Waals surface area contributed by atoms with Crippen LogP contribution in [-0.2, 0) is 9.59 Å². The third kappa shape index (κ3) is 4.16. The summed E-state index contributed by atoms with van der Waals surface area (Å²) in [5, 5.41) is 12.8. The van der Waals surface area contributed by atoms with Crippen LogP contribution in [0.4, 0.5) is 5.69 Å². The largest absolute Gasteiger partial charge is 0.330 e. The van der Waals surface area contributed by atoms with E-state index in [0.717, 1.165) is 28.4 Å². The zero-order valence-corrected chi connectivity index (χ0v) is 15.6. The maximum atomic E-state index is 12.8. The quantitative estimate of drug-likeness (QED) is 0.819. The number of anilines is 1. The molecule has 2 amide bonds. The van der Waals surface area contributed by atoms with Crippen LogP contribution in [0.2, 0.25) is 0 Å². The average Bonchev–Trinajstić information content (AvgIpc) is 3.08. The lowest BCUT2D eigenvalue weighted by Gasteiger charge is -2.34. The molecule has 2 heterocycles. The minimum Gasteiger partial charge on any atom is -0.330 e. The molecular formula is C19H22N4O2S. The first-order valence-corrected chi connectivity index (χ1v) is 9.52. The topological polar surface area (TPSA) is 75.2 Å². The van der Waals surface area contributed by atoms with Gasteiger partial charge < -0.3 is 10.2 Å². The Labute approximate surface area is 156 Å². The molecule has 136 valence electrons. The van der Waals surface area contributed by atoms with Crippen molar-refractivity contribution in [2.45, 2.75) is 38.6 Å². The number of carbonyl (C=O) groups excluding carboxylic acids is 2. The Morgan fingerprint density at radius 1 is 1.38 bits per heavy atom. The number of rotatable bonds is 5. The predicted molar refractivity (Wildman–Crippen MR) is 103 cm³/mol. The van der Waals surface area contributed by atoms with Gasteiger partial charge in [-0.15, -0.1) is 16.8 Å². The molecule has 0 unspecified atom stereocenters. The second kappa shape index (κ2) is 8.23. The second-order valence-electron chi connectivity index (χ2n) is 6.29. The third-order valence-electron chi connectivity index (χ3n) is 4.35. The predicted octanol–water partition coefficient (Wildman–Crippen LogP) is 3.41. The van der Waals surface area contributed by atoms with Crippen LogP contribution in [0.25, 0.3) is 10.6 Å². The summed E-state index contributed by atoms with van der Waals surface area (Å²) in [6.07, 6.45) is 4.40. The molecule has 0 aliphatic carbocycles. The Balaban J connectivity index is 1.74. The van der Waals surface area contributed by atoms with Crippen LogP contribution in [-0.4, -0.2) is 39.5 Å². The van der Waals surface area contributed by atoms with E-state index in [1.807, 2.05) is 31.2 Å². The first-order chi connectivity index (χ1) is 12.6. The molecule has 0 saturated carbocycles. The van der Waals surface area contributed by atoms with Crippen molar-refractivity contribution >= 4 is 28.8 Å². The minimum atomic E-state index is -0.427. The minimum absolute atomic E-state index is 0.0436. The summed E-state index contributed by atoms with van der Waals surface area (Å²) in [6, 6.07) is 7.12. The van der Waals surface area contributed by atoms with Gasteiger partial charge in [0.15, 0.2) is 0 Å². The van der Waals surface area contributed by atoms with E-state index in [-0.39, 0.29) is 18.2 Å². The summed E-state index contributed by atoms with van der Waals surface area (Å²) in [5.74, 6) is -0.189. The van der Waals surface area contributed by atoms with E-state index in [9.17, 15) is 9.59 Å². The fourth-order valence-electron chi connectivity index (χ4n) is 3.11. The molecule has 1 fully saturated rings. The zero-order valence-electron chi connectivity index (χ0n) is 14.8. The maximum Gasteiger partial charge on any atom is 0.247 e.